The standard InChI is InChI=1S/C31H32N4O4/c1-5-13-27-23(9-1)32-21-33-24-10-2-6-14-28(24)37-18-31(17-36-27)19-38-29-15-7-3-11-25(29)34-22-35-26-12-4-8-16-30(26)39-20-31/h1-3,5-7,9-16,21,34-35H,4,8,17-20,22H2,(H,32,33). The molecule has 200 valence electrons. The minimum Gasteiger partial charge on any atom is -0.491 e. The van der Waals surface area contributed by atoms with Gasteiger partial charge in [0.15, 0.2) is 0 Å². The zero-order valence-corrected chi connectivity index (χ0v) is 21.7. The van der Waals surface area contributed by atoms with E-state index in [9.17, 15) is 0 Å². The number of hydrogen-bond donors (Lipinski definition) is 3. The van der Waals surface area contributed by atoms with E-state index in [0.717, 1.165) is 47.1 Å². The highest BCUT2D eigenvalue weighted by molar-refractivity contribution is 5.81. The largest absolute Gasteiger partial charge is 0.491 e. The van der Waals surface area contributed by atoms with Crippen LogP contribution in [0.1, 0.15) is 12.8 Å². The molecule has 0 radical (unpaired) electrons. The molecule has 3 aromatic carbocycles. The molecule has 0 saturated carbocycles. The normalized spacial score (nSPS) is 21.6. The van der Waals surface area contributed by atoms with E-state index in [0.29, 0.717) is 44.6 Å². The fourth-order valence-electron chi connectivity index (χ4n) is 4.66. The minimum atomic E-state index is -0.668. The van der Waals surface area contributed by atoms with Crippen molar-refractivity contribution < 1.29 is 18.9 Å². The molecular formula is C31H32N4O4. The molecule has 8 heteroatoms. The molecule has 8 nitrogen and oxygen atoms in total. The average Bonchev–Trinajstić information content (AvgIpc) is 2.97. The van der Waals surface area contributed by atoms with Crippen LogP contribution in [-0.2, 0) is 4.74 Å². The summed E-state index contributed by atoms with van der Waals surface area (Å²) in [5.74, 6) is 2.97. The second-order valence-electron chi connectivity index (χ2n) is 9.81. The number of fused-ring (bicyclic) bond motifs is 4. The van der Waals surface area contributed by atoms with E-state index < -0.39 is 5.41 Å². The van der Waals surface area contributed by atoms with Gasteiger partial charge in [0, 0.05) is 0 Å². The van der Waals surface area contributed by atoms with Crippen molar-refractivity contribution in [3.8, 4) is 17.2 Å². The van der Waals surface area contributed by atoms with E-state index in [1.54, 1.807) is 6.34 Å². The van der Waals surface area contributed by atoms with Crippen LogP contribution in [0.2, 0.25) is 0 Å². The molecule has 0 saturated heterocycles. The van der Waals surface area contributed by atoms with Crippen molar-refractivity contribution in [1.82, 2.24) is 5.32 Å². The zero-order chi connectivity index (χ0) is 26.3. The molecule has 0 bridgehead atoms. The fraction of sp³-hybridized carbons (Fsp3) is 0.258. The van der Waals surface area contributed by atoms with Crippen molar-refractivity contribution in [2.75, 3.05) is 43.7 Å². The third-order valence-electron chi connectivity index (χ3n) is 6.87. The number of rotatable bonds is 0. The smallest absolute Gasteiger partial charge is 0.144 e. The third-order valence-corrected chi connectivity index (χ3v) is 6.87. The Bertz CT molecular complexity index is 1400. The zero-order valence-electron chi connectivity index (χ0n) is 21.7. The summed E-state index contributed by atoms with van der Waals surface area (Å²) in [6, 6.07) is 23.5. The van der Waals surface area contributed by atoms with Gasteiger partial charge in [0.1, 0.15) is 60.5 Å². The van der Waals surface area contributed by atoms with Crippen molar-refractivity contribution in [1.29, 1.82) is 0 Å². The Hall–Kier alpha value is -4.59. The number of hydrogen-bond acceptors (Lipinski definition) is 8. The molecule has 6 rings (SSSR count). The summed E-state index contributed by atoms with van der Waals surface area (Å²) < 4.78 is 25.9. The van der Waals surface area contributed by atoms with Crippen LogP contribution in [0.4, 0.5) is 17.1 Å². The third kappa shape index (κ3) is 5.80. The predicted octanol–water partition coefficient (Wildman–Crippen LogP) is 5.85. The molecule has 1 atom stereocenters. The number of benzene rings is 3. The van der Waals surface area contributed by atoms with Crippen LogP contribution in [0.25, 0.3) is 0 Å². The van der Waals surface area contributed by atoms with Crippen molar-refractivity contribution >= 4 is 23.4 Å². The number of nitrogens with one attached hydrogen (secondary N) is 3. The van der Waals surface area contributed by atoms with Gasteiger partial charge < -0.3 is 34.9 Å². The lowest BCUT2D eigenvalue weighted by Crippen LogP contribution is -2.45. The maximum atomic E-state index is 6.52. The first-order chi connectivity index (χ1) is 19.3. The molecule has 0 amide bonds. The van der Waals surface area contributed by atoms with Gasteiger partial charge in [-0.05, 0) is 55.3 Å². The van der Waals surface area contributed by atoms with Crippen molar-refractivity contribution in [3.05, 3.63) is 96.4 Å². The monoisotopic (exact) mass is 524 g/mol. The molecule has 0 aromatic heterocycles. The van der Waals surface area contributed by atoms with E-state index in [1.807, 2.05) is 72.8 Å². The maximum Gasteiger partial charge on any atom is 0.144 e. The van der Waals surface area contributed by atoms with Crippen molar-refractivity contribution in [3.63, 3.8) is 0 Å². The van der Waals surface area contributed by atoms with Gasteiger partial charge >= 0.3 is 0 Å². The Labute approximate surface area is 228 Å². The SMILES string of the molecule is C1=C2NCNc3ccccc3OCC3(COC2=CCC1)COc1ccccc1/N=C\Nc1ccccc1OC3. The molecule has 1 unspecified atom stereocenters. The van der Waals surface area contributed by atoms with Gasteiger partial charge in [0.2, 0.25) is 0 Å². The van der Waals surface area contributed by atoms with Crippen LogP contribution in [-0.4, -0.2) is 39.4 Å². The lowest BCUT2D eigenvalue weighted by Gasteiger charge is -2.35. The molecule has 3 aromatic rings. The number of para-hydroxylation sites is 6. The van der Waals surface area contributed by atoms with E-state index >= 15 is 0 Å². The summed E-state index contributed by atoms with van der Waals surface area (Å²) in [5.41, 5.74) is 2.77. The van der Waals surface area contributed by atoms with Crippen molar-refractivity contribution in [2.24, 2.45) is 10.4 Å². The molecule has 2 aliphatic heterocycles. The number of aliphatic imine (C=N–C) groups is 1. The Morgan fingerprint density at radius 1 is 0.615 bits per heavy atom. The second-order valence-corrected chi connectivity index (χ2v) is 9.81. The van der Waals surface area contributed by atoms with E-state index in [-0.39, 0.29) is 0 Å². The van der Waals surface area contributed by atoms with Gasteiger partial charge in [-0.3, -0.25) is 0 Å². The summed E-state index contributed by atoms with van der Waals surface area (Å²) in [5, 5.41) is 10.2. The molecule has 39 heavy (non-hydrogen) atoms. The predicted molar refractivity (Wildman–Crippen MR) is 153 cm³/mol. The van der Waals surface area contributed by atoms with Gasteiger partial charge in [-0.15, -0.1) is 0 Å². The van der Waals surface area contributed by atoms with Gasteiger partial charge in [0.05, 0.1) is 30.1 Å². The summed E-state index contributed by atoms with van der Waals surface area (Å²) in [6.07, 6.45) is 7.87. The topological polar surface area (TPSA) is 85.4 Å². The summed E-state index contributed by atoms with van der Waals surface area (Å²) in [7, 11) is 0. The van der Waals surface area contributed by atoms with Crippen molar-refractivity contribution in [2.45, 2.75) is 12.8 Å². The minimum absolute atomic E-state index is 0.296. The van der Waals surface area contributed by atoms with Crippen LogP contribution in [0.5, 0.6) is 17.2 Å². The number of allylic oxidation sites excluding steroid dienone is 2. The Morgan fingerprint density at radius 2 is 1.23 bits per heavy atom. The molecule has 1 aliphatic carbocycles. The summed E-state index contributed by atoms with van der Waals surface area (Å²) >= 11 is 0. The highest BCUT2D eigenvalue weighted by Crippen LogP contribution is 2.34. The fourth-order valence-corrected chi connectivity index (χ4v) is 4.66. The molecule has 3 N–H and O–H groups in total. The van der Waals surface area contributed by atoms with Gasteiger partial charge in [-0.2, -0.15) is 0 Å². The van der Waals surface area contributed by atoms with Crippen LogP contribution in [0, 0.1) is 5.41 Å². The molecule has 0 fully saturated rings. The highest BCUT2D eigenvalue weighted by atomic mass is 16.5. The van der Waals surface area contributed by atoms with E-state index in [1.165, 1.54) is 0 Å². The molecular weight excluding hydrogens is 492 g/mol. The first-order valence-electron chi connectivity index (χ1n) is 13.2. The maximum absolute atomic E-state index is 6.52. The van der Waals surface area contributed by atoms with Crippen LogP contribution in [0.3, 0.4) is 0 Å². The number of nitrogens with zero attached hydrogens (tertiary/aromatic N) is 1. The van der Waals surface area contributed by atoms with Gasteiger partial charge in [-0.25, -0.2) is 4.99 Å². The average molecular weight is 525 g/mol. The first kappa shape index (κ1) is 24.7. The summed E-state index contributed by atoms with van der Waals surface area (Å²) in [6.45, 7) is 1.79. The van der Waals surface area contributed by atoms with E-state index in [2.05, 4.69) is 33.1 Å². The Balaban J connectivity index is 1.39. The summed E-state index contributed by atoms with van der Waals surface area (Å²) in [4.78, 5) is 4.61. The van der Waals surface area contributed by atoms with Gasteiger partial charge in [-0.1, -0.05) is 42.5 Å². The molecule has 1 spiro atoms. The van der Waals surface area contributed by atoms with Gasteiger partial charge in [0.25, 0.3) is 0 Å². The van der Waals surface area contributed by atoms with Crippen LogP contribution in [0.15, 0.2) is 101 Å². The number of ether oxygens (including phenoxy) is 4. The second kappa shape index (κ2) is 11.4. The number of anilines is 2. The van der Waals surface area contributed by atoms with Crippen LogP contribution >= 0.6 is 0 Å². The molecule has 2 heterocycles. The molecule has 3 aliphatic rings. The lowest BCUT2D eigenvalue weighted by atomic mass is 9.91. The Morgan fingerprint density at radius 3 is 2.05 bits per heavy atom. The lowest BCUT2D eigenvalue weighted by molar-refractivity contribution is -0.0212. The highest BCUT2D eigenvalue weighted by Gasteiger charge is 2.37. The first-order valence-corrected chi connectivity index (χ1v) is 13.2. The quantitative estimate of drug-likeness (QED) is 0.340. The van der Waals surface area contributed by atoms with Crippen LogP contribution < -0.4 is 30.2 Å². The Kier molecular flexibility index (Phi) is 7.25. The van der Waals surface area contributed by atoms with E-state index in [4.69, 9.17) is 18.9 Å².